The van der Waals surface area contributed by atoms with Crippen LogP contribution in [0.4, 0.5) is 15.3 Å². The predicted molar refractivity (Wildman–Crippen MR) is 140 cm³/mol. The van der Waals surface area contributed by atoms with Gasteiger partial charge in [-0.2, -0.15) is 5.10 Å². The summed E-state index contributed by atoms with van der Waals surface area (Å²) in [5, 5.41) is 9.53. The lowest BCUT2D eigenvalue weighted by atomic mass is 9.99. The molecule has 3 aliphatic rings. The summed E-state index contributed by atoms with van der Waals surface area (Å²) in [6.45, 7) is 4.30. The third-order valence-corrected chi connectivity index (χ3v) is 8.77. The lowest BCUT2D eigenvalue weighted by Gasteiger charge is -2.16. The van der Waals surface area contributed by atoms with Crippen LogP contribution in [-0.4, -0.2) is 54.2 Å². The molecular weight excluding hydrogens is 508 g/mol. The van der Waals surface area contributed by atoms with Crippen LogP contribution >= 0.6 is 0 Å². The van der Waals surface area contributed by atoms with E-state index in [1.807, 2.05) is 13.8 Å². The smallest absolute Gasteiger partial charge is 0.333 e. The Bertz CT molecular complexity index is 1430. The molecule has 0 radical (unpaired) electrons. The number of imide groups is 1. The molecule has 1 aromatic heterocycles. The molecule has 0 atom stereocenters. The topological polar surface area (TPSA) is 142 Å². The molecule has 0 spiro atoms. The number of nitrogens with one attached hydrogen (secondary N) is 3. The average Bonchev–Trinajstić information content (AvgIpc) is 3.65. The summed E-state index contributed by atoms with van der Waals surface area (Å²) in [7, 11) is -4.16. The standard InChI is InChI=1S/C26H32N6O5S/c1-3-20-16(2)14-32(24(20)33)26(35)27-10-11-31-15-19(13-28-31)38(36,37)30-25(34)29-23-21-8-4-6-17(21)12-18-7-5-9-22(18)23/h12-13,15H,3-11,14H2,1-2H3,(H,27,35)(H2,29,30,34). The minimum atomic E-state index is -4.16. The van der Waals surface area contributed by atoms with E-state index in [0.29, 0.717) is 12.0 Å². The number of aromatic nitrogens is 2. The molecule has 0 fully saturated rings. The second kappa shape index (κ2) is 10.2. The first kappa shape index (κ1) is 26.0. The van der Waals surface area contributed by atoms with Crippen LogP contribution in [0.5, 0.6) is 0 Å². The molecule has 1 aromatic carbocycles. The Balaban J connectivity index is 1.17. The zero-order chi connectivity index (χ0) is 27.0. The van der Waals surface area contributed by atoms with Crippen molar-refractivity contribution in [3.05, 3.63) is 51.9 Å². The van der Waals surface area contributed by atoms with Gasteiger partial charge < -0.3 is 10.6 Å². The Morgan fingerprint density at radius 1 is 1.08 bits per heavy atom. The van der Waals surface area contributed by atoms with Gasteiger partial charge in [-0.1, -0.05) is 13.0 Å². The fraction of sp³-hybridized carbons (Fsp3) is 0.462. The Hall–Kier alpha value is -3.67. The summed E-state index contributed by atoms with van der Waals surface area (Å²) >= 11 is 0. The van der Waals surface area contributed by atoms with Gasteiger partial charge in [0, 0.05) is 24.0 Å². The first-order valence-corrected chi connectivity index (χ1v) is 14.5. The van der Waals surface area contributed by atoms with Crippen LogP contribution in [0.2, 0.25) is 0 Å². The van der Waals surface area contributed by atoms with Crippen molar-refractivity contribution in [1.29, 1.82) is 0 Å². The highest BCUT2D eigenvalue weighted by atomic mass is 32.2. The molecule has 5 rings (SSSR count). The molecule has 2 heterocycles. The average molecular weight is 541 g/mol. The quantitative estimate of drug-likeness (QED) is 0.493. The minimum Gasteiger partial charge on any atom is -0.336 e. The van der Waals surface area contributed by atoms with Crippen molar-refractivity contribution in [2.45, 2.75) is 70.2 Å². The third-order valence-electron chi connectivity index (χ3n) is 7.49. The number of amides is 5. The first-order chi connectivity index (χ1) is 18.2. The molecule has 2 aliphatic carbocycles. The molecule has 11 nitrogen and oxygen atoms in total. The van der Waals surface area contributed by atoms with Crippen molar-refractivity contribution in [2.24, 2.45) is 0 Å². The molecular formula is C26H32N6O5S. The number of nitrogens with zero attached hydrogens (tertiary/aromatic N) is 3. The van der Waals surface area contributed by atoms with E-state index in [4.69, 9.17) is 0 Å². The van der Waals surface area contributed by atoms with Gasteiger partial charge >= 0.3 is 12.1 Å². The Morgan fingerprint density at radius 3 is 2.39 bits per heavy atom. The SMILES string of the molecule is CCC1=C(C)CN(C(=O)NCCn2cc(S(=O)(=O)NC(=O)Nc3c4c(cc5c3CCC5)CCC4)cn2)C1=O. The molecule has 0 unspecified atom stereocenters. The fourth-order valence-electron chi connectivity index (χ4n) is 5.63. The maximum Gasteiger partial charge on any atom is 0.333 e. The van der Waals surface area contributed by atoms with Crippen molar-refractivity contribution in [3.8, 4) is 0 Å². The van der Waals surface area contributed by atoms with Crippen LogP contribution in [0, 0.1) is 0 Å². The Labute approximate surface area is 221 Å². The van der Waals surface area contributed by atoms with Crippen LogP contribution in [0.25, 0.3) is 0 Å². The third kappa shape index (κ3) is 4.92. The molecule has 5 amide bonds. The Kier molecular flexibility index (Phi) is 6.99. The second-order valence-electron chi connectivity index (χ2n) is 9.97. The maximum absolute atomic E-state index is 12.9. The number of hydrogen-bond donors (Lipinski definition) is 3. The highest BCUT2D eigenvalue weighted by molar-refractivity contribution is 7.90. The summed E-state index contributed by atoms with van der Waals surface area (Å²) in [6.07, 6.45) is 8.76. The zero-order valence-electron chi connectivity index (χ0n) is 21.6. The van der Waals surface area contributed by atoms with E-state index >= 15 is 0 Å². The number of urea groups is 2. The number of benzene rings is 1. The van der Waals surface area contributed by atoms with Gasteiger partial charge in [0.25, 0.3) is 15.9 Å². The van der Waals surface area contributed by atoms with Crippen molar-refractivity contribution < 1.29 is 22.8 Å². The number of carbonyl (C=O) groups is 3. The lowest BCUT2D eigenvalue weighted by molar-refractivity contribution is -0.123. The second-order valence-corrected chi connectivity index (χ2v) is 11.7. The van der Waals surface area contributed by atoms with Gasteiger partial charge in [0.2, 0.25) is 0 Å². The lowest BCUT2D eigenvalue weighted by Crippen LogP contribution is -2.42. The van der Waals surface area contributed by atoms with Gasteiger partial charge in [-0.3, -0.25) is 14.4 Å². The molecule has 2 aromatic rings. The van der Waals surface area contributed by atoms with Crippen LogP contribution in [0.3, 0.4) is 0 Å². The van der Waals surface area contributed by atoms with Crippen LogP contribution in [0.15, 0.2) is 34.5 Å². The molecule has 0 saturated heterocycles. The molecule has 0 saturated carbocycles. The van der Waals surface area contributed by atoms with Gasteiger partial charge in [0.15, 0.2) is 0 Å². The molecule has 38 heavy (non-hydrogen) atoms. The normalized spacial score (nSPS) is 16.6. The first-order valence-electron chi connectivity index (χ1n) is 13.0. The maximum atomic E-state index is 12.9. The summed E-state index contributed by atoms with van der Waals surface area (Å²) in [4.78, 5) is 38.5. The van der Waals surface area contributed by atoms with Gasteiger partial charge in [-0.25, -0.2) is 22.7 Å². The number of rotatable bonds is 7. The van der Waals surface area contributed by atoms with Crippen molar-refractivity contribution in [3.63, 3.8) is 0 Å². The van der Waals surface area contributed by atoms with E-state index in [1.54, 1.807) is 0 Å². The number of fused-ring (bicyclic) bond motifs is 2. The molecule has 3 N–H and O–H groups in total. The van der Waals surface area contributed by atoms with E-state index in [0.717, 1.165) is 72.0 Å². The zero-order valence-corrected chi connectivity index (χ0v) is 22.4. The van der Waals surface area contributed by atoms with Crippen molar-refractivity contribution in [2.75, 3.05) is 18.4 Å². The van der Waals surface area contributed by atoms with Gasteiger partial charge in [-0.05, 0) is 79.7 Å². The highest BCUT2D eigenvalue weighted by Gasteiger charge is 2.31. The summed E-state index contributed by atoms with van der Waals surface area (Å²) in [6, 6.07) is 0.935. The monoisotopic (exact) mass is 540 g/mol. The number of hydrogen-bond acceptors (Lipinski definition) is 6. The molecule has 202 valence electrons. The van der Waals surface area contributed by atoms with E-state index in [2.05, 4.69) is 26.5 Å². The van der Waals surface area contributed by atoms with E-state index in [9.17, 15) is 22.8 Å². The molecule has 1 aliphatic heterocycles. The van der Waals surface area contributed by atoms with E-state index in [1.165, 1.54) is 22.0 Å². The fourth-order valence-corrected chi connectivity index (χ4v) is 6.49. The number of aryl methyl sites for hydroxylation is 2. The largest absolute Gasteiger partial charge is 0.336 e. The summed E-state index contributed by atoms with van der Waals surface area (Å²) < 4.78 is 29.2. The highest BCUT2D eigenvalue weighted by Crippen LogP contribution is 2.38. The molecule has 12 heteroatoms. The van der Waals surface area contributed by atoms with Crippen LogP contribution in [-0.2, 0) is 47.0 Å². The number of carbonyl (C=O) groups excluding carboxylic acids is 3. The van der Waals surface area contributed by atoms with E-state index < -0.39 is 22.1 Å². The Morgan fingerprint density at radius 2 is 1.76 bits per heavy atom. The number of anilines is 1. The summed E-state index contributed by atoms with van der Waals surface area (Å²) in [5.74, 6) is -0.287. The molecule has 0 bridgehead atoms. The van der Waals surface area contributed by atoms with Crippen LogP contribution in [0.1, 0.15) is 55.4 Å². The van der Waals surface area contributed by atoms with Crippen LogP contribution < -0.4 is 15.4 Å². The van der Waals surface area contributed by atoms with Crippen molar-refractivity contribution >= 4 is 33.7 Å². The summed E-state index contributed by atoms with van der Waals surface area (Å²) in [5.41, 5.74) is 7.00. The number of sulfonamides is 1. The minimum absolute atomic E-state index is 0.141. The van der Waals surface area contributed by atoms with Gasteiger partial charge in [0.05, 0.1) is 19.3 Å². The van der Waals surface area contributed by atoms with E-state index in [-0.39, 0.29) is 30.4 Å². The van der Waals surface area contributed by atoms with Gasteiger partial charge in [0.1, 0.15) is 4.90 Å². The van der Waals surface area contributed by atoms with Gasteiger partial charge in [-0.15, -0.1) is 0 Å². The predicted octanol–water partition coefficient (Wildman–Crippen LogP) is 2.65. The van der Waals surface area contributed by atoms with Crippen molar-refractivity contribution in [1.82, 2.24) is 24.7 Å².